The molecule has 130 valence electrons. The van der Waals surface area contributed by atoms with Gasteiger partial charge in [-0.2, -0.15) is 5.26 Å². The minimum atomic E-state index is 0.438. The molecule has 0 aliphatic heterocycles. The van der Waals surface area contributed by atoms with Gasteiger partial charge in [0.2, 0.25) is 0 Å². The maximum absolute atomic E-state index is 9.51. The number of hydrogen-bond acceptors (Lipinski definition) is 3. The van der Waals surface area contributed by atoms with E-state index >= 15 is 0 Å². The topological polar surface area (TPSA) is 42.2 Å². The van der Waals surface area contributed by atoms with Crippen LogP contribution in [-0.4, -0.2) is 13.2 Å². The lowest BCUT2D eigenvalue weighted by Crippen LogP contribution is -2.00. The Bertz CT molecular complexity index is 810. The number of hydrogen-bond donors (Lipinski definition) is 0. The number of nitriles is 1. The fourth-order valence-electron chi connectivity index (χ4n) is 2.26. The van der Waals surface area contributed by atoms with Gasteiger partial charge in [0, 0.05) is 10.6 Å². The van der Waals surface area contributed by atoms with E-state index in [1.54, 1.807) is 24.3 Å². The monoisotopic (exact) mass is 375 g/mol. The Balaban J connectivity index is 2.40. The van der Waals surface area contributed by atoms with Gasteiger partial charge in [0.25, 0.3) is 0 Å². The molecule has 3 nitrogen and oxygen atoms in total. The third kappa shape index (κ3) is 5.16. The van der Waals surface area contributed by atoms with E-state index in [2.05, 4.69) is 6.07 Å². The van der Waals surface area contributed by atoms with E-state index < -0.39 is 0 Å². The van der Waals surface area contributed by atoms with Gasteiger partial charge in [-0.05, 0) is 49.2 Å². The third-order valence-electron chi connectivity index (χ3n) is 3.38. The smallest absolute Gasteiger partial charge is 0.161 e. The molecule has 2 aromatic rings. The van der Waals surface area contributed by atoms with Crippen molar-refractivity contribution in [3.63, 3.8) is 0 Å². The number of ether oxygens (including phenoxy) is 2. The van der Waals surface area contributed by atoms with Gasteiger partial charge in [0.15, 0.2) is 11.5 Å². The van der Waals surface area contributed by atoms with Gasteiger partial charge in [-0.15, -0.1) is 0 Å². The summed E-state index contributed by atoms with van der Waals surface area (Å²) in [5.74, 6) is 1.35. The van der Waals surface area contributed by atoms with Crippen LogP contribution in [0.5, 0.6) is 11.5 Å². The molecule has 0 unspecified atom stereocenters. The lowest BCUT2D eigenvalue weighted by Gasteiger charge is -2.12. The van der Waals surface area contributed by atoms with Crippen LogP contribution in [0, 0.1) is 11.3 Å². The quantitative estimate of drug-likeness (QED) is 0.424. The molecule has 0 spiro atoms. The average Bonchev–Trinajstić information content (AvgIpc) is 2.60. The lowest BCUT2D eigenvalue weighted by molar-refractivity contribution is 0.277. The van der Waals surface area contributed by atoms with Crippen LogP contribution in [0.1, 0.15) is 31.4 Å². The van der Waals surface area contributed by atoms with Crippen LogP contribution in [0.25, 0.3) is 11.6 Å². The van der Waals surface area contributed by atoms with E-state index in [1.807, 2.05) is 32.0 Å². The summed E-state index contributed by atoms with van der Waals surface area (Å²) in [5, 5.41) is 10.5. The summed E-state index contributed by atoms with van der Waals surface area (Å²) in [4.78, 5) is 0. The fourth-order valence-corrected chi connectivity index (χ4v) is 2.77. The Hall–Kier alpha value is -2.15. The zero-order valence-electron chi connectivity index (χ0n) is 14.2. The van der Waals surface area contributed by atoms with Crippen molar-refractivity contribution in [2.45, 2.75) is 20.3 Å². The summed E-state index contributed by atoms with van der Waals surface area (Å²) >= 11 is 12.1. The first-order valence-electron chi connectivity index (χ1n) is 8.05. The Kier molecular flexibility index (Phi) is 7.18. The summed E-state index contributed by atoms with van der Waals surface area (Å²) in [6, 6.07) is 12.9. The highest BCUT2D eigenvalue weighted by Crippen LogP contribution is 2.32. The van der Waals surface area contributed by atoms with Crippen molar-refractivity contribution in [3.8, 4) is 17.6 Å². The lowest BCUT2D eigenvalue weighted by atomic mass is 10.0. The highest BCUT2D eigenvalue weighted by atomic mass is 35.5. The van der Waals surface area contributed by atoms with Crippen molar-refractivity contribution in [3.05, 3.63) is 57.6 Å². The minimum Gasteiger partial charge on any atom is -0.490 e. The summed E-state index contributed by atoms with van der Waals surface area (Å²) in [7, 11) is 0. The number of halogens is 2. The second-order valence-corrected chi connectivity index (χ2v) is 6.13. The maximum Gasteiger partial charge on any atom is 0.161 e. The average molecular weight is 376 g/mol. The molecule has 0 saturated heterocycles. The molecule has 0 heterocycles. The Morgan fingerprint density at radius 1 is 1.08 bits per heavy atom. The molecule has 0 aliphatic rings. The van der Waals surface area contributed by atoms with Gasteiger partial charge >= 0.3 is 0 Å². The molecule has 2 aromatic carbocycles. The van der Waals surface area contributed by atoms with Gasteiger partial charge in [-0.1, -0.05) is 42.3 Å². The third-order valence-corrected chi connectivity index (χ3v) is 3.93. The first kappa shape index (κ1) is 19.2. The summed E-state index contributed by atoms with van der Waals surface area (Å²) in [5.41, 5.74) is 1.92. The van der Waals surface area contributed by atoms with Crippen molar-refractivity contribution >= 4 is 34.9 Å². The molecular formula is C20H19Cl2NO2. The van der Waals surface area contributed by atoms with E-state index in [-0.39, 0.29) is 0 Å². The van der Waals surface area contributed by atoms with Crippen molar-refractivity contribution in [1.82, 2.24) is 0 Å². The Morgan fingerprint density at radius 2 is 1.88 bits per heavy atom. The van der Waals surface area contributed by atoms with E-state index in [1.165, 1.54) is 0 Å². The minimum absolute atomic E-state index is 0.438. The first-order chi connectivity index (χ1) is 12.1. The zero-order valence-corrected chi connectivity index (χ0v) is 15.7. The molecule has 0 aliphatic carbocycles. The molecule has 0 atom stereocenters. The van der Waals surface area contributed by atoms with Crippen LogP contribution in [0.3, 0.4) is 0 Å². The van der Waals surface area contributed by atoms with E-state index in [0.717, 1.165) is 12.0 Å². The van der Waals surface area contributed by atoms with Crippen molar-refractivity contribution in [1.29, 1.82) is 5.26 Å². The maximum atomic E-state index is 9.51. The van der Waals surface area contributed by atoms with Gasteiger partial charge < -0.3 is 9.47 Å². The highest BCUT2D eigenvalue weighted by molar-refractivity contribution is 6.36. The van der Waals surface area contributed by atoms with Crippen LogP contribution in [0.4, 0.5) is 0 Å². The largest absolute Gasteiger partial charge is 0.490 e. The summed E-state index contributed by atoms with van der Waals surface area (Å²) in [6.45, 7) is 5.12. The van der Waals surface area contributed by atoms with Crippen molar-refractivity contribution < 1.29 is 9.47 Å². The van der Waals surface area contributed by atoms with Gasteiger partial charge in [0.1, 0.15) is 0 Å². The second kappa shape index (κ2) is 9.36. The molecular weight excluding hydrogens is 357 g/mol. The normalized spacial score (nSPS) is 11.1. The predicted molar refractivity (Wildman–Crippen MR) is 103 cm³/mol. The number of benzene rings is 2. The van der Waals surface area contributed by atoms with Crippen LogP contribution in [0.15, 0.2) is 36.4 Å². The van der Waals surface area contributed by atoms with E-state index in [9.17, 15) is 5.26 Å². The number of rotatable bonds is 7. The fraction of sp³-hybridized carbons (Fsp3) is 0.250. The predicted octanol–water partition coefficient (Wildman–Crippen LogP) is 6.25. The Morgan fingerprint density at radius 3 is 2.52 bits per heavy atom. The summed E-state index contributed by atoms with van der Waals surface area (Å²) in [6.07, 6.45) is 2.68. The molecule has 0 fully saturated rings. The van der Waals surface area contributed by atoms with Crippen LogP contribution >= 0.6 is 23.2 Å². The molecule has 0 bridgehead atoms. The Labute approximate surface area is 158 Å². The van der Waals surface area contributed by atoms with Gasteiger partial charge in [-0.25, -0.2) is 0 Å². The number of nitrogens with zero attached hydrogens (tertiary/aromatic N) is 1. The molecule has 0 saturated carbocycles. The summed E-state index contributed by atoms with van der Waals surface area (Å²) < 4.78 is 11.4. The SMILES string of the molecule is CCCOc1ccc(/C=C(\C#N)c2ccc(Cl)cc2Cl)cc1OCC. The van der Waals surface area contributed by atoms with E-state index in [0.29, 0.717) is 45.9 Å². The number of allylic oxidation sites excluding steroid dienone is 1. The molecule has 25 heavy (non-hydrogen) atoms. The van der Waals surface area contributed by atoms with Crippen LogP contribution in [0.2, 0.25) is 10.0 Å². The van der Waals surface area contributed by atoms with Crippen molar-refractivity contribution in [2.24, 2.45) is 0 Å². The molecule has 0 radical (unpaired) electrons. The molecule has 5 heteroatoms. The van der Waals surface area contributed by atoms with Crippen LogP contribution in [-0.2, 0) is 0 Å². The van der Waals surface area contributed by atoms with Gasteiger partial charge in [0.05, 0.1) is 29.9 Å². The molecule has 0 N–H and O–H groups in total. The molecule has 0 aromatic heterocycles. The zero-order chi connectivity index (χ0) is 18.2. The molecule has 2 rings (SSSR count). The standard InChI is InChI=1S/C20H19Cl2NO2/c1-3-9-25-19-8-5-14(11-20(19)24-4-2)10-15(13-23)17-7-6-16(21)12-18(17)22/h5-8,10-12H,3-4,9H2,1-2H3/b15-10+. The highest BCUT2D eigenvalue weighted by Gasteiger charge is 2.09. The van der Waals surface area contributed by atoms with Crippen molar-refractivity contribution in [2.75, 3.05) is 13.2 Å². The van der Waals surface area contributed by atoms with Gasteiger partial charge in [-0.3, -0.25) is 0 Å². The second-order valence-electron chi connectivity index (χ2n) is 5.28. The van der Waals surface area contributed by atoms with Crippen LogP contribution < -0.4 is 9.47 Å². The first-order valence-corrected chi connectivity index (χ1v) is 8.81. The van der Waals surface area contributed by atoms with E-state index in [4.69, 9.17) is 32.7 Å². The molecule has 0 amide bonds.